The SMILES string of the molecule is CC(O)C(C)NC1CCC2(CC1)CC2NC(=O)OC(C)(C)C. The summed E-state index contributed by atoms with van der Waals surface area (Å²) in [6, 6.07) is 0.893. The molecule has 5 heteroatoms. The van der Waals surface area contributed by atoms with Crippen molar-refractivity contribution in [2.75, 3.05) is 0 Å². The van der Waals surface area contributed by atoms with Crippen LogP contribution in [0, 0.1) is 5.41 Å². The largest absolute Gasteiger partial charge is 0.444 e. The van der Waals surface area contributed by atoms with Crippen LogP contribution in [0.4, 0.5) is 4.79 Å². The molecule has 2 saturated carbocycles. The van der Waals surface area contributed by atoms with Gasteiger partial charge in [0.1, 0.15) is 5.60 Å². The standard InChI is InChI=1S/C17H32N2O3/c1-11(12(2)20)18-13-6-8-17(9-7-13)10-14(17)19-15(21)22-16(3,4)5/h11-14,18,20H,6-10H2,1-5H3,(H,19,21). The van der Waals surface area contributed by atoms with Crippen LogP contribution in [0.25, 0.3) is 0 Å². The highest BCUT2D eigenvalue weighted by Gasteiger charge is 2.56. The van der Waals surface area contributed by atoms with Gasteiger partial charge in [0.2, 0.25) is 0 Å². The van der Waals surface area contributed by atoms with Gasteiger partial charge in [-0.25, -0.2) is 4.79 Å². The molecule has 128 valence electrons. The van der Waals surface area contributed by atoms with E-state index >= 15 is 0 Å². The van der Waals surface area contributed by atoms with Crippen molar-refractivity contribution in [1.29, 1.82) is 0 Å². The summed E-state index contributed by atoms with van der Waals surface area (Å²) in [7, 11) is 0. The molecule has 0 bridgehead atoms. The van der Waals surface area contributed by atoms with Crippen LogP contribution in [0.1, 0.15) is 66.7 Å². The molecule has 5 nitrogen and oxygen atoms in total. The van der Waals surface area contributed by atoms with Gasteiger partial charge in [0, 0.05) is 18.1 Å². The third-order valence-corrected chi connectivity index (χ3v) is 5.08. The molecule has 0 aliphatic heterocycles. The fourth-order valence-corrected chi connectivity index (χ4v) is 3.42. The summed E-state index contributed by atoms with van der Waals surface area (Å²) in [5.41, 5.74) is -0.145. The van der Waals surface area contributed by atoms with Gasteiger partial charge in [0.15, 0.2) is 0 Å². The van der Waals surface area contributed by atoms with Gasteiger partial charge in [0.05, 0.1) is 6.10 Å². The van der Waals surface area contributed by atoms with Gasteiger partial charge >= 0.3 is 6.09 Å². The second-order valence-electron chi connectivity index (χ2n) is 8.24. The molecule has 0 radical (unpaired) electrons. The molecule has 3 N–H and O–H groups in total. The van der Waals surface area contributed by atoms with Gasteiger partial charge in [-0.1, -0.05) is 0 Å². The number of rotatable bonds is 4. The van der Waals surface area contributed by atoms with Crippen molar-refractivity contribution >= 4 is 6.09 Å². The van der Waals surface area contributed by atoms with E-state index in [0.29, 0.717) is 11.5 Å². The minimum Gasteiger partial charge on any atom is -0.444 e. The Labute approximate surface area is 134 Å². The first kappa shape index (κ1) is 17.5. The van der Waals surface area contributed by atoms with Crippen LogP contribution in [0.15, 0.2) is 0 Å². The van der Waals surface area contributed by atoms with E-state index in [2.05, 4.69) is 10.6 Å². The van der Waals surface area contributed by atoms with Crippen molar-refractivity contribution in [1.82, 2.24) is 10.6 Å². The summed E-state index contributed by atoms with van der Waals surface area (Å²) in [5, 5.41) is 16.1. The van der Waals surface area contributed by atoms with E-state index in [1.165, 1.54) is 0 Å². The summed E-state index contributed by atoms with van der Waals surface area (Å²) in [5.74, 6) is 0. The van der Waals surface area contributed by atoms with E-state index in [-0.39, 0.29) is 24.3 Å². The van der Waals surface area contributed by atoms with Crippen LogP contribution in [-0.4, -0.2) is 41.0 Å². The van der Waals surface area contributed by atoms with Crippen LogP contribution in [0.5, 0.6) is 0 Å². The van der Waals surface area contributed by atoms with Crippen LogP contribution in [-0.2, 0) is 4.74 Å². The number of ether oxygens (including phenoxy) is 1. The summed E-state index contributed by atoms with van der Waals surface area (Å²) < 4.78 is 5.33. The van der Waals surface area contributed by atoms with Crippen LogP contribution in [0.2, 0.25) is 0 Å². The third kappa shape index (κ3) is 4.59. The van der Waals surface area contributed by atoms with Gasteiger partial charge in [-0.05, 0) is 72.1 Å². The molecule has 2 rings (SSSR count). The van der Waals surface area contributed by atoms with Crippen molar-refractivity contribution in [3.8, 4) is 0 Å². The lowest BCUT2D eigenvalue weighted by Crippen LogP contribution is -2.45. The Balaban J connectivity index is 1.73. The molecular formula is C17H32N2O3. The smallest absolute Gasteiger partial charge is 0.407 e. The third-order valence-electron chi connectivity index (χ3n) is 5.08. The van der Waals surface area contributed by atoms with E-state index in [1.807, 2.05) is 34.6 Å². The Bertz CT molecular complexity index is 395. The summed E-state index contributed by atoms with van der Waals surface area (Å²) in [6.07, 6.45) is 4.96. The topological polar surface area (TPSA) is 70.6 Å². The first-order valence-corrected chi connectivity index (χ1v) is 8.55. The average molecular weight is 312 g/mol. The lowest BCUT2D eigenvalue weighted by atomic mass is 9.82. The number of hydrogen-bond acceptors (Lipinski definition) is 4. The number of nitrogens with one attached hydrogen (secondary N) is 2. The summed E-state index contributed by atoms with van der Waals surface area (Å²) >= 11 is 0. The Morgan fingerprint density at radius 2 is 1.86 bits per heavy atom. The number of alkyl carbamates (subject to hydrolysis) is 1. The Morgan fingerprint density at radius 3 is 2.36 bits per heavy atom. The number of carbonyl (C=O) groups is 1. The van der Waals surface area contributed by atoms with Gasteiger partial charge in [-0.3, -0.25) is 0 Å². The van der Waals surface area contributed by atoms with E-state index in [9.17, 15) is 9.90 Å². The first-order valence-electron chi connectivity index (χ1n) is 8.55. The Kier molecular flexibility index (Phi) is 5.07. The predicted octanol–water partition coefficient (Wildman–Crippen LogP) is 2.57. The lowest BCUT2D eigenvalue weighted by molar-refractivity contribution is 0.0511. The Hall–Kier alpha value is -0.810. The molecule has 0 heterocycles. The summed E-state index contributed by atoms with van der Waals surface area (Å²) in [4.78, 5) is 11.8. The molecule has 3 unspecified atom stereocenters. The van der Waals surface area contributed by atoms with Crippen molar-refractivity contribution in [3.05, 3.63) is 0 Å². The number of amides is 1. The first-order chi connectivity index (χ1) is 10.1. The van der Waals surface area contributed by atoms with E-state index in [4.69, 9.17) is 4.74 Å². The molecule has 0 aromatic carbocycles. The van der Waals surface area contributed by atoms with Crippen molar-refractivity contribution < 1.29 is 14.6 Å². The average Bonchev–Trinajstić information content (AvgIpc) is 3.02. The van der Waals surface area contributed by atoms with Crippen molar-refractivity contribution in [3.63, 3.8) is 0 Å². The molecule has 0 aromatic rings. The lowest BCUT2D eigenvalue weighted by Gasteiger charge is -2.33. The number of carbonyl (C=O) groups excluding carboxylic acids is 1. The van der Waals surface area contributed by atoms with Crippen LogP contribution >= 0.6 is 0 Å². The van der Waals surface area contributed by atoms with Crippen molar-refractivity contribution in [2.45, 2.75) is 96.6 Å². The van der Waals surface area contributed by atoms with Crippen molar-refractivity contribution in [2.24, 2.45) is 5.41 Å². The van der Waals surface area contributed by atoms with E-state index in [0.717, 1.165) is 32.1 Å². The Morgan fingerprint density at radius 1 is 1.27 bits per heavy atom. The number of hydrogen-bond donors (Lipinski definition) is 3. The zero-order valence-electron chi connectivity index (χ0n) is 14.6. The molecule has 0 saturated heterocycles. The van der Waals surface area contributed by atoms with E-state index < -0.39 is 5.60 Å². The maximum absolute atomic E-state index is 11.8. The fourth-order valence-electron chi connectivity index (χ4n) is 3.42. The van der Waals surface area contributed by atoms with Gasteiger partial charge < -0.3 is 20.5 Å². The van der Waals surface area contributed by atoms with Gasteiger partial charge in [0.25, 0.3) is 0 Å². The molecular weight excluding hydrogens is 280 g/mol. The van der Waals surface area contributed by atoms with Crippen LogP contribution in [0.3, 0.4) is 0 Å². The fraction of sp³-hybridized carbons (Fsp3) is 0.941. The summed E-state index contributed by atoms with van der Waals surface area (Å²) in [6.45, 7) is 9.50. The molecule has 0 aromatic heterocycles. The van der Waals surface area contributed by atoms with E-state index in [1.54, 1.807) is 0 Å². The number of aliphatic hydroxyl groups excluding tert-OH is 1. The highest BCUT2D eigenvalue weighted by atomic mass is 16.6. The zero-order valence-corrected chi connectivity index (χ0v) is 14.6. The highest BCUT2D eigenvalue weighted by Crippen LogP contribution is 2.56. The molecule has 1 amide bonds. The molecule has 3 atom stereocenters. The second-order valence-corrected chi connectivity index (χ2v) is 8.24. The number of aliphatic hydroxyl groups is 1. The minimum absolute atomic E-state index is 0.133. The normalized spacial score (nSPS) is 34.1. The molecule has 2 aliphatic carbocycles. The zero-order chi connectivity index (χ0) is 16.5. The van der Waals surface area contributed by atoms with Gasteiger partial charge in [-0.2, -0.15) is 0 Å². The molecule has 2 aliphatic rings. The maximum Gasteiger partial charge on any atom is 0.407 e. The maximum atomic E-state index is 11.8. The monoisotopic (exact) mass is 312 g/mol. The van der Waals surface area contributed by atoms with Crippen LogP contribution < -0.4 is 10.6 Å². The molecule has 22 heavy (non-hydrogen) atoms. The molecule has 2 fully saturated rings. The second kappa shape index (κ2) is 6.36. The highest BCUT2D eigenvalue weighted by molar-refractivity contribution is 5.68. The van der Waals surface area contributed by atoms with Gasteiger partial charge in [-0.15, -0.1) is 0 Å². The quantitative estimate of drug-likeness (QED) is 0.746. The minimum atomic E-state index is -0.440. The predicted molar refractivity (Wildman–Crippen MR) is 86.7 cm³/mol. The molecule has 1 spiro atoms.